The summed E-state index contributed by atoms with van der Waals surface area (Å²) in [6, 6.07) is 13.3. The summed E-state index contributed by atoms with van der Waals surface area (Å²) in [4.78, 5) is 28.1. The van der Waals surface area contributed by atoms with Crippen molar-refractivity contribution in [1.82, 2.24) is 10.2 Å². The third-order valence-electron chi connectivity index (χ3n) is 5.77. The second-order valence-corrected chi connectivity index (χ2v) is 8.31. The van der Waals surface area contributed by atoms with E-state index in [4.69, 9.17) is 9.47 Å². The van der Waals surface area contributed by atoms with Gasteiger partial charge in [0.15, 0.2) is 11.5 Å². The number of carbonyl (C=O) groups excluding carboxylic acids is 2. The minimum absolute atomic E-state index is 0.0337. The molecule has 34 heavy (non-hydrogen) atoms. The predicted octanol–water partition coefficient (Wildman–Crippen LogP) is 5.06. The van der Waals surface area contributed by atoms with Crippen molar-refractivity contribution in [1.29, 1.82) is 0 Å². The van der Waals surface area contributed by atoms with Crippen molar-refractivity contribution in [2.45, 2.75) is 72.9 Å². The van der Waals surface area contributed by atoms with Gasteiger partial charge in [0.25, 0.3) is 0 Å². The maximum Gasteiger partial charge on any atom is 0.242 e. The molecule has 0 aliphatic carbocycles. The van der Waals surface area contributed by atoms with Crippen LogP contribution in [0.5, 0.6) is 11.5 Å². The fraction of sp³-hybridized carbons (Fsp3) is 0.500. The largest absolute Gasteiger partial charge is 0.490 e. The van der Waals surface area contributed by atoms with Crippen molar-refractivity contribution in [2.24, 2.45) is 0 Å². The Morgan fingerprint density at radius 1 is 0.971 bits per heavy atom. The maximum absolute atomic E-state index is 13.5. The average molecular weight is 469 g/mol. The summed E-state index contributed by atoms with van der Waals surface area (Å²) in [6.45, 7) is 12.0. The van der Waals surface area contributed by atoms with E-state index in [-0.39, 0.29) is 11.8 Å². The summed E-state index contributed by atoms with van der Waals surface area (Å²) in [5, 5.41) is 2.97. The SMILES string of the molecule is CCCNC(=O)[C@@H](CC)N(Cc1ccccc1C)C(=O)CCc1ccc(OCC)c(OCC)c1. The van der Waals surface area contributed by atoms with Gasteiger partial charge in [-0.15, -0.1) is 0 Å². The molecule has 1 N–H and O–H groups in total. The van der Waals surface area contributed by atoms with Crippen molar-refractivity contribution in [3.63, 3.8) is 0 Å². The van der Waals surface area contributed by atoms with Crippen LogP contribution in [0.3, 0.4) is 0 Å². The van der Waals surface area contributed by atoms with Gasteiger partial charge in [0.2, 0.25) is 11.8 Å². The first kappa shape index (κ1) is 27.2. The molecule has 0 aliphatic rings. The average Bonchev–Trinajstić information content (AvgIpc) is 2.83. The van der Waals surface area contributed by atoms with Gasteiger partial charge < -0.3 is 19.7 Å². The molecule has 0 heterocycles. The van der Waals surface area contributed by atoms with Crippen LogP contribution in [0.4, 0.5) is 0 Å². The Bertz CT molecular complexity index is 928. The Morgan fingerprint density at radius 3 is 2.32 bits per heavy atom. The van der Waals surface area contributed by atoms with E-state index in [1.807, 2.05) is 77.1 Å². The monoisotopic (exact) mass is 468 g/mol. The lowest BCUT2D eigenvalue weighted by atomic mass is 10.0. The van der Waals surface area contributed by atoms with Crippen molar-refractivity contribution in [3.05, 3.63) is 59.2 Å². The summed E-state index contributed by atoms with van der Waals surface area (Å²) in [5.41, 5.74) is 3.16. The minimum Gasteiger partial charge on any atom is -0.490 e. The lowest BCUT2D eigenvalue weighted by Gasteiger charge is -2.31. The number of nitrogens with one attached hydrogen (secondary N) is 1. The summed E-state index contributed by atoms with van der Waals surface area (Å²) >= 11 is 0. The normalized spacial score (nSPS) is 11.6. The van der Waals surface area contributed by atoms with Gasteiger partial charge in [0, 0.05) is 19.5 Å². The molecule has 0 radical (unpaired) electrons. The lowest BCUT2D eigenvalue weighted by Crippen LogP contribution is -2.49. The summed E-state index contributed by atoms with van der Waals surface area (Å²) in [7, 11) is 0. The molecule has 0 saturated heterocycles. The second-order valence-electron chi connectivity index (χ2n) is 8.31. The van der Waals surface area contributed by atoms with E-state index >= 15 is 0 Å². The van der Waals surface area contributed by atoms with E-state index in [1.165, 1.54) is 0 Å². The molecular weight excluding hydrogens is 428 g/mol. The predicted molar refractivity (Wildman–Crippen MR) is 136 cm³/mol. The van der Waals surface area contributed by atoms with Crippen LogP contribution in [0.1, 0.15) is 63.6 Å². The highest BCUT2D eigenvalue weighted by Crippen LogP contribution is 2.29. The quantitative estimate of drug-likeness (QED) is 0.421. The van der Waals surface area contributed by atoms with Crippen LogP contribution in [0.2, 0.25) is 0 Å². The van der Waals surface area contributed by atoms with E-state index in [1.54, 1.807) is 4.90 Å². The molecule has 0 saturated carbocycles. The second kappa shape index (κ2) is 14.3. The topological polar surface area (TPSA) is 67.9 Å². The molecule has 2 aromatic carbocycles. The van der Waals surface area contributed by atoms with E-state index in [9.17, 15) is 9.59 Å². The van der Waals surface area contributed by atoms with E-state index in [2.05, 4.69) is 5.32 Å². The molecule has 1 atom stereocenters. The van der Waals surface area contributed by atoms with Gasteiger partial charge in [-0.25, -0.2) is 0 Å². The van der Waals surface area contributed by atoms with Crippen molar-refractivity contribution < 1.29 is 19.1 Å². The van der Waals surface area contributed by atoms with Gasteiger partial charge >= 0.3 is 0 Å². The van der Waals surface area contributed by atoms with Gasteiger partial charge in [-0.1, -0.05) is 44.2 Å². The fourth-order valence-corrected chi connectivity index (χ4v) is 3.90. The number of aryl methyl sites for hydroxylation is 2. The summed E-state index contributed by atoms with van der Waals surface area (Å²) in [5.74, 6) is 1.27. The van der Waals surface area contributed by atoms with Crippen LogP contribution < -0.4 is 14.8 Å². The number of ether oxygens (including phenoxy) is 2. The zero-order chi connectivity index (χ0) is 24.9. The highest BCUT2D eigenvalue weighted by atomic mass is 16.5. The van der Waals surface area contributed by atoms with Crippen LogP contribution in [0.25, 0.3) is 0 Å². The van der Waals surface area contributed by atoms with Gasteiger partial charge in [0.05, 0.1) is 13.2 Å². The van der Waals surface area contributed by atoms with Crippen molar-refractivity contribution >= 4 is 11.8 Å². The van der Waals surface area contributed by atoms with Crippen LogP contribution in [0, 0.1) is 6.92 Å². The third-order valence-corrected chi connectivity index (χ3v) is 5.77. The molecule has 0 spiro atoms. The van der Waals surface area contributed by atoms with Crippen molar-refractivity contribution in [3.8, 4) is 11.5 Å². The van der Waals surface area contributed by atoms with Gasteiger partial charge in [0.1, 0.15) is 6.04 Å². The highest BCUT2D eigenvalue weighted by Gasteiger charge is 2.28. The van der Waals surface area contributed by atoms with Crippen LogP contribution in [-0.2, 0) is 22.6 Å². The lowest BCUT2D eigenvalue weighted by molar-refractivity contribution is -0.141. The van der Waals surface area contributed by atoms with Gasteiger partial charge in [-0.3, -0.25) is 9.59 Å². The first-order chi connectivity index (χ1) is 16.4. The Kier molecular flexibility index (Phi) is 11.4. The first-order valence-electron chi connectivity index (χ1n) is 12.4. The Balaban J connectivity index is 2.22. The third kappa shape index (κ3) is 7.79. The van der Waals surface area contributed by atoms with E-state index in [0.717, 1.165) is 23.1 Å². The number of amides is 2. The molecule has 0 fully saturated rings. The molecule has 6 nitrogen and oxygen atoms in total. The van der Waals surface area contributed by atoms with Gasteiger partial charge in [-0.05, 0) is 68.9 Å². The van der Waals surface area contributed by atoms with E-state index < -0.39 is 6.04 Å². The number of nitrogens with zero attached hydrogens (tertiary/aromatic N) is 1. The molecule has 0 aliphatic heterocycles. The molecule has 0 aromatic heterocycles. The van der Waals surface area contributed by atoms with Gasteiger partial charge in [-0.2, -0.15) is 0 Å². The number of carbonyl (C=O) groups is 2. The molecule has 2 rings (SSSR count). The van der Waals surface area contributed by atoms with Crippen LogP contribution in [-0.4, -0.2) is 42.5 Å². The summed E-state index contributed by atoms with van der Waals surface area (Å²) in [6.07, 6.45) is 2.28. The smallest absolute Gasteiger partial charge is 0.242 e. The van der Waals surface area contributed by atoms with E-state index in [0.29, 0.717) is 57.1 Å². The molecule has 2 aromatic rings. The highest BCUT2D eigenvalue weighted by molar-refractivity contribution is 5.87. The Hall–Kier alpha value is -3.02. The zero-order valence-corrected chi connectivity index (χ0v) is 21.4. The van der Waals surface area contributed by atoms with Crippen LogP contribution >= 0.6 is 0 Å². The molecule has 0 unspecified atom stereocenters. The molecule has 2 amide bonds. The minimum atomic E-state index is -0.502. The number of rotatable bonds is 14. The fourth-order valence-electron chi connectivity index (χ4n) is 3.90. The number of hydrogen-bond acceptors (Lipinski definition) is 4. The zero-order valence-electron chi connectivity index (χ0n) is 21.4. The standard InChI is InChI=1S/C28H40N2O4/c1-6-18-29-28(32)24(7-2)30(20-23-13-11-10-12-21(23)5)27(31)17-15-22-14-16-25(33-8-3)26(19-22)34-9-4/h10-14,16,19,24H,6-9,15,17-18,20H2,1-5H3,(H,29,32)/t24-/m1/s1. The Labute approximate surface area is 204 Å². The molecule has 6 heteroatoms. The van der Waals surface area contributed by atoms with Crippen LogP contribution in [0.15, 0.2) is 42.5 Å². The maximum atomic E-state index is 13.5. The molecule has 0 bridgehead atoms. The number of benzene rings is 2. The number of hydrogen-bond donors (Lipinski definition) is 1. The van der Waals surface area contributed by atoms with Crippen molar-refractivity contribution in [2.75, 3.05) is 19.8 Å². The summed E-state index contributed by atoms with van der Waals surface area (Å²) < 4.78 is 11.4. The Morgan fingerprint density at radius 2 is 1.68 bits per heavy atom. The molecule has 186 valence electrons. The first-order valence-corrected chi connectivity index (χ1v) is 12.4. The molecular formula is C28H40N2O4.